The standard InChI is InChI=1S/C25H28N2O2/c1-19(2)23-10-6-7-11-24(23)26-18-25(28)27-21-12-14-22(15-13-21)29-17-16-20-8-4-3-5-9-20/h3-15,19,26H,16-18H2,1-2H3,(H,27,28). The summed E-state index contributed by atoms with van der Waals surface area (Å²) in [5, 5.41) is 6.15. The minimum absolute atomic E-state index is 0.0821. The van der Waals surface area contributed by atoms with Crippen LogP contribution in [0.1, 0.15) is 30.9 Å². The monoisotopic (exact) mass is 388 g/mol. The van der Waals surface area contributed by atoms with Crippen molar-refractivity contribution in [1.82, 2.24) is 0 Å². The van der Waals surface area contributed by atoms with Crippen molar-refractivity contribution in [2.75, 3.05) is 23.8 Å². The second-order valence-corrected chi connectivity index (χ2v) is 7.25. The third kappa shape index (κ3) is 6.39. The number of anilines is 2. The van der Waals surface area contributed by atoms with Crippen molar-refractivity contribution in [3.63, 3.8) is 0 Å². The molecule has 3 rings (SSSR count). The Bertz CT molecular complexity index is 906. The average molecular weight is 389 g/mol. The highest BCUT2D eigenvalue weighted by molar-refractivity contribution is 5.93. The van der Waals surface area contributed by atoms with E-state index in [1.165, 1.54) is 11.1 Å². The van der Waals surface area contributed by atoms with Gasteiger partial charge in [0, 0.05) is 17.8 Å². The van der Waals surface area contributed by atoms with Crippen LogP contribution in [0.3, 0.4) is 0 Å². The Labute approximate surface area is 172 Å². The molecular weight excluding hydrogens is 360 g/mol. The lowest BCUT2D eigenvalue weighted by atomic mass is 10.0. The molecule has 0 radical (unpaired) electrons. The quantitative estimate of drug-likeness (QED) is 0.510. The van der Waals surface area contributed by atoms with Crippen molar-refractivity contribution >= 4 is 17.3 Å². The van der Waals surface area contributed by atoms with Crippen LogP contribution in [0.15, 0.2) is 78.9 Å². The number of nitrogens with one attached hydrogen (secondary N) is 2. The van der Waals surface area contributed by atoms with Crippen LogP contribution in [0.5, 0.6) is 5.75 Å². The van der Waals surface area contributed by atoms with Crippen molar-refractivity contribution in [1.29, 1.82) is 0 Å². The first-order valence-electron chi connectivity index (χ1n) is 10.0. The van der Waals surface area contributed by atoms with Crippen LogP contribution in [0.4, 0.5) is 11.4 Å². The van der Waals surface area contributed by atoms with Gasteiger partial charge in [0.2, 0.25) is 5.91 Å². The van der Waals surface area contributed by atoms with Gasteiger partial charge in [-0.25, -0.2) is 0 Å². The van der Waals surface area contributed by atoms with E-state index in [1.807, 2.05) is 60.7 Å². The van der Waals surface area contributed by atoms with Crippen LogP contribution in [-0.4, -0.2) is 19.1 Å². The van der Waals surface area contributed by atoms with E-state index in [1.54, 1.807) is 0 Å². The third-order valence-electron chi connectivity index (χ3n) is 4.66. The summed E-state index contributed by atoms with van der Waals surface area (Å²) in [5.74, 6) is 1.11. The number of ether oxygens (including phenoxy) is 1. The summed E-state index contributed by atoms with van der Waals surface area (Å²) in [4.78, 5) is 12.3. The molecule has 0 fully saturated rings. The molecule has 1 amide bonds. The minimum Gasteiger partial charge on any atom is -0.493 e. The van der Waals surface area contributed by atoms with Gasteiger partial charge in [0.1, 0.15) is 5.75 Å². The molecule has 0 spiro atoms. The van der Waals surface area contributed by atoms with Gasteiger partial charge >= 0.3 is 0 Å². The zero-order valence-electron chi connectivity index (χ0n) is 17.0. The van der Waals surface area contributed by atoms with Gasteiger partial charge in [0.15, 0.2) is 0 Å². The first-order valence-corrected chi connectivity index (χ1v) is 10.0. The summed E-state index contributed by atoms with van der Waals surface area (Å²) < 4.78 is 5.79. The van der Waals surface area contributed by atoms with Crippen LogP contribution in [0, 0.1) is 0 Å². The zero-order chi connectivity index (χ0) is 20.5. The van der Waals surface area contributed by atoms with Crippen LogP contribution in [-0.2, 0) is 11.2 Å². The van der Waals surface area contributed by atoms with Gasteiger partial charge in [-0.15, -0.1) is 0 Å². The zero-order valence-corrected chi connectivity index (χ0v) is 17.0. The Morgan fingerprint density at radius 1 is 0.897 bits per heavy atom. The number of hydrogen-bond donors (Lipinski definition) is 2. The summed E-state index contributed by atoms with van der Waals surface area (Å²) in [7, 11) is 0. The van der Waals surface area contributed by atoms with E-state index in [4.69, 9.17) is 4.74 Å². The maximum absolute atomic E-state index is 12.3. The molecule has 0 heterocycles. The van der Waals surface area contributed by atoms with E-state index < -0.39 is 0 Å². The number of benzene rings is 3. The third-order valence-corrected chi connectivity index (χ3v) is 4.66. The molecule has 0 bridgehead atoms. The summed E-state index contributed by atoms with van der Waals surface area (Å²) in [6, 6.07) is 25.8. The fraction of sp³-hybridized carbons (Fsp3) is 0.240. The summed E-state index contributed by atoms with van der Waals surface area (Å²) in [6.07, 6.45) is 0.864. The lowest BCUT2D eigenvalue weighted by Crippen LogP contribution is -2.22. The molecule has 3 aromatic rings. The van der Waals surface area contributed by atoms with Crippen molar-refractivity contribution in [3.8, 4) is 5.75 Å². The van der Waals surface area contributed by atoms with Crippen molar-refractivity contribution in [2.45, 2.75) is 26.2 Å². The molecule has 4 heteroatoms. The van der Waals surface area contributed by atoms with Crippen molar-refractivity contribution in [3.05, 3.63) is 90.0 Å². The van der Waals surface area contributed by atoms with Gasteiger partial charge in [0.05, 0.1) is 13.2 Å². The van der Waals surface area contributed by atoms with E-state index in [2.05, 4.69) is 42.7 Å². The molecule has 0 saturated carbocycles. The molecule has 150 valence electrons. The molecule has 29 heavy (non-hydrogen) atoms. The van der Waals surface area contributed by atoms with E-state index in [-0.39, 0.29) is 12.5 Å². The van der Waals surface area contributed by atoms with Crippen molar-refractivity contribution in [2.24, 2.45) is 0 Å². The van der Waals surface area contributed by atoms with E-state index >= 15 is 0 Å². The average Bonchev–Trinajstić information content (AvgIpc) is 2.74. The highest BCUT2D eigenvalue weighted by atomic mass is 16.5. The lowest BCUT2D eigenvalue weighted by Gasteiger charge is -2.14. The largest absolute Gasteiger partial charge is 0.493 e. The molecule has 0 atom stereocenters. The van der Waals surface area contributed by atoms with Crippen LogP contribution in [0.2, 0.25) is 0 Å². The second-order valence-electron chi connectivity index (χ2n) is 7.25. The number of rotatable bonds is 9. The molecular formula is C25H28N2O2. The Hall–Kier alpha value is -3.27. The van der Waals surface area contributed by atoms with Gasteiger partial charge in [-0.05, 0) is 47.4 Å². The van der Waals surface area contributed by atoms with Gasteiger partial charge in [-0.2, -0.15) is 0 Å². The summed E-state index contributed by atoms with van der Waals surface area (Å²) in [6.45, 7) is 5.13. The highest BCUT2D eigenvalue weighted by Crippen LogP contribution is 2.23. The van der Waals surface area contributed by atoms with E-state index in [0.29, 0.717) is 12.5 Å². The SMILES string of the molecule is CC(C)c1ccccc1NCC(=O)Nc1ccc(OCCc2ccccc2)cc1. The summed E-state index contributed by atoms with van der Waals surface area (Å²) in [5.41, 5.74) is 4.21. The predicted molar refractivity (Wildman–Crippen MR) is 120 cm³/mol. The maximum atomic E-state index is 12.3. The highest BCUT2D eigenvalue weighted by Gasteiger charge is 2.08. The smallest absolute Gasteiger partial charge is 0.243 e. The van der Waals surface area contributed by atoms with Crippen LogP contribution < -0.4 is 15.4 Å². The number of hydrogen-bond acceptors (Lipinski definition) is 3. The first kappa shape index (κ1) is 20.5. The molecule has 3 aromatic carbocycles. The fourth-order valence-corrected chi connectivity index (χ4v) is 3.11. The van der Waals surface area contributed by atoms with Gasteiger partial charge in [-0.1, -0.05) is 62.4 Å². The Balaban J connectivity index is 1.45. The van der Waals surface area contributed by atoms with Gasteiger partial charge in [0.25, 0.3) is 0 Å². The Kier molecular flexibility index (Phi) is 7.28. The molecule has 0 unspecified atom stereocenters. The number of amides is 1. The lowest BCUT2D eigenvalue weighted by molar-refractivity contribution is -0.114. The number of carbonyl (C=O) groups excluding carboxylic acids is 1. The second kappa shape index (κ2) is 10.3. The van der Waals surface area contributed by atoms with Crippen LogP contribution >= 0.6 is 0 Å². The topological polar surface area (TPSA) is 50.4 Å². The van der Waals surface area contributed by atoms with Crippen LogP contribution in [0.25, 0.3) is 0 Å². The van der Waals surface area contributed by atoms with Gasteiger partial charge < -0.3 is 15.4 Å². The number of para-hydroxylation sites is 1. The number of carbonyl (C=O) groups is 1. The molecule has 0 saturated heterocycles. The predicted octanol–water partition coefficient (Wildman–Crippen LogP) is 5.48. The Morgan fingerprint density at radius 2 is 1.59 bits per heavy atom. The summed E-state index contributed by atoms with van der Waals surface area (Å²) >= 11 is 0. The van der Waals surface area contributed by atoms with Gasteiger partial charge in [-0.3, -0.25) is 4.79 Å². The molecule has 0 aliphatic rings. The fourth-order valence-electron chi connectivity index (χ4n) is 3.11. The first-order chi connectivity index (χ1) is 14.1. The molecule has 0 aromatic heterocycles. The minimum atomic E-state index is -0.0821. The normalized spacial score (nSPS) is 10.6. The Morgan fingerprint density at radius 3 is 2.31 bits per heavy atom. The van der Waals surface area contributed by atoms with E-state index in [0.717, 1.165) is 23.5 Å². The van der Waals surface area contributed by atoms with Crippen molar-refractivity contribution < 1.29 is 9.53 Å². The molecule has 0 aliphatic carbocycles. The molecule has 0 aliphatic heterocycles. The maximum Gasteiger partial charge on any atom is 0.243 e. The van der Waals surface area contributed by atoms with E-state index in [9.17, 15) is 4.79 Å². The molecule has 2 N–H and O–H groups in total. The molecule has 4 nitrogen and oxygen atoms in total.